The van der Waals surface area contributed by atoms with E-state index in [-0.39, 0.29) is 18.0 Å². The molecule has 38 heavy (non-hydrogen) atoms. The van der Waals surface area contributed by atoms with Crippen LogP contribution in [0.4, 0.5) is 4.39 Å². The van der Waals surface area contributed by atoms with Gasteiger partial charge in [-0.2, -0.15) is 5.10 Å². The van der Waals surface area contributed by atoms with Gasteiger partial charge in [-0.3, -0.25) is 14.7 Å². The zero-order chi connectivity index (χ0) is 26.6. The second-order valence-corrected chi connectivity index (χ2v) is 10.1. The highest BCUT2D eigenvalue weighted by Gasteiger charge is 2.23. The maximum Gasteiger partial charge on any atom is 0.267 e. The predicted molar refractivity (Wildman–Crippen MR) is 145 cm³/mol. The maximum atomic E-state index is 14.1. The summed E-state index contributed by atoms with van der Waals surface area (Å²) >= 11 is 5.83. The average Bonchev–Trinajstić information content (AvgIpc) is 2.91. The van der Waals surface area contributed by atoms with Crippen LogP contribution >= 0.6 is 11.6 Å². The zero-order valence-corrected chi connectivity index (χ0v) is 22.2. The third-order valence-corrected chi connectivity index (χ3v) is 7.24. The molecular formula is C29H29ClFN5O2. The van der Waals surface area contributed by atoms with Crippen LogP contribution in [0, 0.1) is 12.7 Å². The predicted octanol–water partition coefficient (Wildman–Crippen LogP) is 5.30. The van der Waals surface area contributed by atoms with Gasteiger partial charge in [-0.25, -0.2) is 14.1 Å². The minimum absolute atomic E-state index is 0.0977. The molecule has 0 radical (unpaired) electrons. The number of pyridine rings is 2. The molecule has 0 atom stereocenters. The van der Waals surface area contributed by atoms with Crippen molar-refractivity contribution in [3.63, 3.8) is 0 Å². The Hall–Kier alpha value is -3.62. The molecule has 3 aromatic heterocycles. The fourth-order valence-electron chi connectivity index (χ4n) is 4.68. The number of aromatic nitrogens is 4. The van der Waals surface area contributed by atoms with Crippen LogP contribution in [0.2, 0.25) is 5.02 Å². The number of piperidine rings is 1. The molecule has 4 heterocycles. The largest absolute Gasteiger partial charge is 0.473 e. The van der Waals surface area contributed by atoms with Crippen molar-refractivity contribution in [2.24, 2.45) is 7.05 Å². The van der Waals surface area contributed by atoms with Gasteiger partial charge in [0.2, 0.25) is 5.88 Å². The Labute approximate surface area is 225 Å². The van der Waals surface area contributed by atoms with E-state index in [1.54, 1.807) is 37.5 Å². The summed E-state index contributed by atoms with van der Waals surface area (Å²) < 4.78 is 21.1. The third kappa shape index (κ3) is 6.09. The van der Waals surface area contributed by atoms with E-state index in [0.717, 1.165) is 60.6 Å². The summed E-state index contributed by atoms with van der Waals surface area (Å²) in [6.45, 7) is 4.81. The van der Waals surface area contributed by atoms with Crippen LogP contribution in [0.25, 0.3) is 11.1 Å². The Kier molecular flexibility index (Phi) is 7.81. The van der Waals surface area contributed by atoms with Crippen LogP contribution in [0.15, 0.2) is 65.7 Å². The van der Waals surface area contributed by atoms with E-state index in [1.165, 1.54) is 10.7 Å². The fourth-order valence-corrected chi connectivity index (χ4v) is 4.84. The number of ether oxygens (including phenoxy) is 1. The summed E-state index contributed by atoms with van der Waals surface area (Å²) in [6, 6.07) is 14.0. The standard InChI is InChI=1S/C29H29ClFN5O2/c1-19-12-22(23-13-29(37)35(2)33-16-23)15-32-27(19)17-36-10-8-20(9-11-36)26-4-3-5-28(34-26)38-18-21-6-7-24(30)14-25(21)31/h3-7,12-16,20H,8-11,17-18H2,1-2H3. The maximum absolute atomic E-state index is 14.1. The van der Waals surface area contributed by atoms with Gasteiger partial charge >= 0.3 is 0 Å². The van der Waals surface area contributed by atoms with Gasteiger partial charge < -0.3 is 4.74 Å². The van der Waals surface area contributed by atoms with E-state index < -0.39 is 0 Å². The summed E-state index contributed by atoms with van der Waals surface area (Å²) in [5, 5.41) is 4.46. The second-order valence-electron chi connectivity index (χ2n) is 9.67. The van der Waals surface area contributed by atoms with Crippen LogP contribution in [-0.2, 0) is 20.2 Å². The molecule has 0 unspecified atom stereocenters. The van der Waals surface area contributed by atoms with E-state index >= 15 is 0 Å². The van der Waals surface area contributed by atoms with Gasteiger partial charge in [-0.15, -0.1) is 0 Å². The van der Waals surface area contributed by atoms with Gasteiger partial charge in [-0.1, -0.05) is 23.7 Å². The Bertz CT molecular complexity index is 1500. The molecular weight excluding hydrogens is 505 g/mol. The van der Waals surface area contributed by atoms with Crippen molar-refractivity contribution in [2.45, 2.75) is 38.8 Å². The van der Waals surface area contributed by atoms with E-state index in [0.29, 0.717) is 22.4 Å². The van der Waals surface area contributed by atoms with Crippen molar-refractivity contribution in [2.75, 3.05) is 13.1 Å². The number of aryl methyl sites for hydroxylation is 2. The summed E-state index contributed by atoms with van der Waals surface area (Å²) in [4.78, 5) is 23.8. The zero-order valence-electron chi connectivity index (χ0n) is 21.4. The summed E-state index contributed by atoms with van der Waals surface area (Å²) in [5.41, 5.74) is 5.08. The number of benzene rings is 1. The number of hydrogen-bond acceptors (Lipinski definition) is 6. The first-order valence-electron chi connectivity index (χ1n) is 12.6. The molecule has 1 aliphatic rings. The Morgan fingerprint density at radius 3 is 2.61 bits per heavy atom. The van der Waals surface area contributed by atoms with Gasteiger partial charge in [0, 0.05) is 65.2 Å². The van der Waals surface area contributed by atoms with Crippen LogP contribution < -0.4 is 10.3 Å². The molecule has 4 aromatic rings. The highest BCUT2D eigenvalue weighted by Crippen LogP contribution is 2.29. The van der Waals surface area contributed by atoms with E-state index in [4.69, 9.17) is 26.3 Å². The van der Waals surface area contributed by atoms with Gasteiger partial charge in [0.15, 0.2) is 0 Å². The molecule has 1 saturated heterocycles. The first-order chi connectivity index (χ1) is 18.4. The molecule has 0 saturated carbocycles. The third-order valence-electron chi connectivity index (χ3n) is 7.00. The quantitative estimate of drug-likeness (QED) is 0.321. The molecule has 1 aromatic carbocycles. The number of rotatable bonds is 7. The van der Waals surface area contributed by atoms with Crippen molar-refractivity contribution in [1.29, 1.82) is 0 Å². The Morgan fingerprint density at radius 2 is 1.87 bits per heavy atom. The van der Waals surface area contributed by atoms with Gasteiger partial charge in [0.05, 0.1) is 11.9 Å². The molecule has 1 fully saturated rings. The lowest BCUT2D eigenvalue weighted by molar-refractivity contribution is 0.200. The SMILES string of the molecule is Cc1cc(-c2cnn(C)c(=O)c2)cnc1CN1CCC(c2cccc(OCc3ccc(Cl)cc3F)n2)CC1. The average molecular weight is 534 g/mol. The molecule has 0 N–H and O–H groups in total. The second kappa shape index (κ2) is 11.4. The van der Waals surface area contributed by atoms with Crippen molar-refractivity contribution >= 4 is 11.6 Å². The van der Waals surface area contributed by atoms with Crippen molar-refractivity contribution in [3.05, 3.63) is 105 Å². The highest BCUT2D eigenvalue weighted by molar-refractivity contribution is 6.30. The summed E-state index contributed by atoms with van der Waals surface area (Å²) in [5.74, 6) is 0.445. The number of hydrogen-bond donors (Lipinski definition) is 0. The number of halogens is 2. The van der Waals surface area contributed by atoms with Gasteiger partial charge in [0.25, 0.3) is 5.56 Å². The Balaban J connectivity index is 1.17. The molecule has 196 valence electrons. The molecule has 0 amide bonds. The van der Waals surface area contributed by atoms with Crippen molar-refractivity contribution in [3.8, 4) is 17.0 Å². The number of likely N-dealkylation sites (tertiary alicyclic amines) is 1. The van der Waals surface area contributed by atoms with Crippen LogP contribution in [0.1, 0.15) is 41.3 Å². The molecule has 0 aliphatic carbocycles. The van der Waals surface area contributed by atoms with Crippen LogP contribution in [-0.4, -0.2) is 37.7 Å². The molecule has 0 spiro atoms. The molecule has 5 rings (SSSR count). The molecule has 0 bridgehead atoms. The molecule has 9 heteroatoms. The van der Waals surface area contributed by atoms with E-state index in [9.17, 15) is 9.18 Å². The lowest BCUT2D eigenvalue weighted by Gasteiger charge is -2.31. The minimum atomic E-state index is -0.386. The molecule has 7 nitrogen and oxygen atoms in total. The van der Waals surface area contributed by atoms with E-state index in [2.05, 4.69) is 23.0 Å². The van der Waals surface area contributed by atoms with Crippen LogP contribution in [0.5, 0.6) is 5.88 Å². The lowest BCUT2D eigenvalue weighted by atomic mass is 9.93. The Morgan fingerprint density at radius 1 is 1.08 bits per heavy atom. The highest BCUT2D eigenvalue weighted by atomic mass is 35.5. The van der Waals surface area contributed by atoms with Gasteiger partial charge in [-0.05, 0) is 62.7 Å². The summed E-state index contributed by atoms with van der Waals surface area (Å²) in [6.07, 6.45) is 5.47. The van der Waals surface area contributed by atoms with Crippen molar-refractivity contribution in [1.82, 2.24) is 24.6 Å². The van der Waals surface area contributed by atoms with Gasteiger partial charge in [0.1, 0.15) is 12.4 Å². The lowest BCUT2D eigenvalue weighted by Crippen LogP contribution is -2.33. The monoisotopic (exact) mass is 533 g/mol. The smallest absolute Gasteiger partial charge is 0.267 e. The topological polar surface area (TPSA) is 73.1 Å². The minimum Gasteiger partial charge on any atom is -0.473 e. The van der Waals surface area contributed by atoms with Crippen LogP contribution in [0.3, 0.4) is 0 Å². The first kappa shape index (κ1) is 26.0. The summed E-state index contributed by atoms with van der Waals surface area (Å²) in [7, 11) is 1.63. The normalized spacial score (nSPS) is 14.5. The first-order valence-corrected chi connectivity index (χ1v) is 13.0. The molecule has 1 aliphatic heterocycles. The van der Waals surface area contributed by atoms with Crippen molar-refractivity contribution < 1.29 is 9.13 Å². The fraction of sp³-hybridized carbons (Fsp3) is 0.310. The number of nitrogens with zero attached hydrogens (tertiary/aromatic N) is 5. The van der Waals surface area contributed by atoms with E-state index in [1.807, 2.05) is 18.3 Å².